The van der Waals surface area contributed by atoms with Crippen molar-refractivity contribution in [2.45, 2.75) is 34.2 Å². The number of aryl methyl sites for hydroxylation is 1. The van der Waals surface area contributed by atoms with Crippen LogP contribution in [-0.2, 0) is 11.3 Å². The molecule has 27 heavy (non-hydrogen) atoms. The van der Waals surface area contributed by atoms with E-state index in [-0.39, 0.29) is 5.92 Å². The summed E-state index contributed by atoms with van der Waals surface area (Å²) in [5, 5.41) is 10.7. The Morgan fingerprint density at radius 2 is 2.07 bits per heavy atom. The number of amides is 1. The molecule has 1 atom stereocenters. The average Bonchev–Trinajstić information content (AvgIpc) is 2.99. The molecule has 6 nitrogen and oxygen atoms in total. The maximum absolute atomic E-state index is 11.4. The predicted molar refractivity (Wildman–Crippen MR) is 107 cm³/mol. The lowest BCUT2D eigenvalue weighted by Gasteiger charge is -2.12. The third kappa shape index (κ3) is 4.03. The van der Waals surface area contributed by atoms with Crippen molar-refractivity contribution in [3.63, 3.8) is 0 Å². The van der Waals surface area contributed by atoms with Crippen LogP contribution in [0.15, 0.2) is 29.3 Å². The normalized spacial score (nSPS) is 13.4. The maximum atomic E-state index is 11.4. The van der Waals surface area contributed by atoms with Gasteiger partial charge in [0.25, 0.3) is 0 Å². The number of nitriles is 1. The summed E-state index contributed by atoms with van der Waals surface area (Å²) in [5.74, 6) is 0.676. The quantitative estimate of drug-likeness (QED) is 0.711. The number of nitrogens with zero attached hydrogens (tertiary/aromatic N) is 3. The highest BCUT2D eigenvalue weighted by Gasteiger charge is 2.19. The van der Waals surface area contributed by atoms with Gasteiger partial charge in [0.2, 0.25) is 0 Å². The Hall–Kier alpha value is -3.07. The molecule has 1 aromatic heterocycles. The number of aromatic nitrogens is 1. The van der Waals surface area contributed by atoms with Crippen molar-refractivity contribution >= 4 is 28.3 Å². The third-order valence-electron chi connectivity index (χ3n) is 4.67. The first-order valence-corrected chi connectivity index (χ1v) is 8.80. The number of carbonyl (C=O) groups excluding carboxylic acids is 1. The first-order valence-electron chi connectivity index (χ1n) is 8.80. The molecule has 142 valence electrons. The number of benzene rings is 1. The van der Waals surface area contributed by atoms with Gasteiger partial charge in [-0.15, -0.1) is 0 Å². The second kappa shape index (κ2) is 8.54. The zero-order valence-electron chi connectivity index (χ0n) is 16.7. The molecular formula is C21H25N3O3. The van der Waals surface area contributed by atoms with Gasteiger partial charge in [0, 0.05) is 29.6 Å². The number of hydrogen-bond acceptors (Lipinski definition) is 4. The fraction of sp³-hybridized carbons (Fsp3) is 0.381. The minimum absolute atomic E-state index is 0.0755. The zero-order chi connectivity index (χ0) is 20.1. The van der Waals surface area contributed by atoms with E-state index >= 15 is 0 Å². The lowest BCUT2D eigenvalue weighted by molar-refractivity contribution is 0.182. The number of ether oxygens (including phenoxy) is 2. The van der Waals surface area contributed by atoms with Crippen molar-refractivity contribution in [1.82, 2.24) is 4.57 Å². The van der Waals surface area contributed by atoms with E-state index in [0.29, 0.717) is 11.3 Å². The summed E-state index contributed by atoms with van der Waals surface area (Å²) in [7, 11) is 2.93. The summed E-state index contributed by atoms with van der Waals surface area (Å²) >= 11 is 0. The summed E-state index contributed by atoms with van der Waals surface area (Å²) < 4.78 is 12.0. The number of carbonyl (C=O) groups is 1. The fourth-order valence-corrected chi connectivity index (χ4v) is 3.17. The lowest BCUT2D eigenvalue weighted by Crippen LogP contribution is -2.09. The van der Waals surface area contributed by atoms with Crippen LogP contribution in [0.1, 0.15) is 39.0 Å². The number of allylic oxidation sites excluding steroid dienone is 2. The molecule has 2 rings (SSSR count). The molecular weight excluding hydrogens is 342 g/mol. The molecule has 0 radical (unpaired) electrons. The molecule has 6 heteroatoms. The van der Waals surface area contributed by atoms with Crippen molar-refractivity contribution < 1.29 is 14.3 Å². The van der Waals surface area contributed by atoms with E-state index in [0.717, 1.165) is 34.5 Å². The van der Waals surface area contributed by atoms with Crippen molar-refractivity contribution in [3.05, 3.63) is 35.5 Å². The predicted octanol–water partition coefficient (Wildman–Crippen LogP) is 4.81. The van der Waals surface area contributed by atoms with Crippen LogP contribution in [-0.4, -0.2) is 30.6 Å². The Morgan fingerprint density at radius 3 is 2.63 bits per heavy atom. The summed E-state index contributed by atoms with van der Waals surface area (Å²) in [6.45, 7) is 8.48. The lowest BCUT2D eigenvalue weighted by atomic mass is 10.00. The smallest absolute Gasteiger partial charge is 0.433 e. The van der Waals surface area contributed by atoms with Gasteiger partial charge in [-0.25, -0.2) is 4.79 Å². The molecule has 0 aliphatic rings. The summed E-state index contributed by atoms with van der Waals surface area (Å²) in [6, 6.07) is 8.08. The highest BCUT2D eigenvalue weighted by molar-refractivity contribution is 5.96. The number of hydrogen-bond donors (Lipinski definition) is 0. The van der Waals surface area contributed by atoms with Gasteiger partial charge in [-0.3, -0.25) is 0 Å². The standard InChI is InChI=1S/C21H25N3O3/c1-7-24-19-11-16(26-5)8-9-17(19)18(12-22)20(24)14(3)10-13(2)15(4)23-21(25)27-6/h8-11,13H,7H2,1-6H3/b14-10+,23-15?. The molecule has 0 saturated heterocycles. The van der Waals surface area contributed by atoms with E-state index < -0.39 is 6.09 Å². The van der Waals surface area contributed by atoms with Crippen molar-refractivity contribution in [1.29, 1.82) is 5.26 Å². The van der Waals surface area contributed by atoms with E-state index in [4.69, 9.17) is 4.74 Å². The van der Waals surface area contributed by atoms with Crippen molar-refractivity contribution in [3.8, 4) is 11.8 Å². The van der Waals surface area contributed by atoms with Crippen LogP contribution in [0.25, 0.3) is 16.5 Å². The summed E-state index contributed by atoms with van der Waals surface area (Å²) in [5.41, 5.74) is 4.08. The fourth-order valence-electron chi connectivity index (χ4n) is 3.17. The first kappa shape index (κ1) is 20.2. The maximum Gasteiger partial charge on any atom is 0.433 e. The summed E-state index contributed by atoms with van der Waals surface area (Å²) in [6.07, 6.45) is 1.40. The molecule has 0 bridgehead atoms. The van der Waals surface area contributed by atoms with Gasteiger partial charge in [0.05, 0.1) is 31.0 Å². The molecule has 0 N–H and O–H groups in total. The molecule has 1 amide bonds. The Balaban J connectivity index is 2.61. The molecule has 1 unspecified atom stereocenters. The number of methoxy groups -OCH3 is 2. The van der Waals surface area contributed by atoms with Crippen LogP contribution in [0.3, 0.4) is 0 Å². The highest BCUT2D eigenvalue weighted by atomic mass is 16.5. The molecule has 0 saturated carbocycles. The van der Waals surface area contributed by atoms with Gasteiger partial charge in [-0.05, 0) is 38.5 Å². The topological polar surface area (TPSA) is 76.6 Å². The van der Waals surface area contributed by atoms with Crippen LogP contribution >= 0.6 is 0 Å². The molecule has 0 aliphatic carbocycles. The second-order valence-electron chi connectivity index (χ2n) is 6.32. The van der Waals surface area contributed by atoms with Gasteiger partial charge in [0.1, 0.15) is 11.8 Å². The number of aliphatic imine (C=N–C) groups is 1. The minimum atomic E-state index is -0.613. The third-order valence-corrected chi connectivity index (χ3v) is 4.67. The number of fused-ring (bicyclic) bond motifs is 1. The molecule has 1 aromatic carbocycles. The van der Waals surface area contributed by atoms with Crippen molar-refractivity contribution in [2.75, 3.05) is 14.2 Å². The Kier molecular flexibility index (Phi) is 6.40. The zero-order valence-corrected chi connectivity index (χ0v) is 16.7. The van der Waals surface area contributed by atoms with Crippen LogP contribution in [0.2, 0.25) is 0 Å². The van der Waals surface area contributed by atoms with Crippen LogP contribution < -0.4 is 4.74 Å². The Labute approximate surface area is 159 Å². The second-order valence-corrected chi connectivity index (χ2v) is 6.32. The minimum Gasteiger partial charge on any atom is -0.497 e. The van der Waals surface area contributed by atoms with Crippen LogP contribution in [0.4, 0.5) is 4.79 Å². The van der Waals surface area contributed by atoms with Crippen molar-refractivity contribution in [2.24, 2.45) is 10.9 Å². The van der Waals surface area contributed by atoms with Gasteiger partial charge < -0.3 is 14.0 Å². The molecule has 2 aromatic rings. The van der Waals surface area contributed by atoms with Gasteiger partial charge >= 0.3 is 6.09 Å². The van der Waals surface area contributed by atoms with E-state index in [2.05, 4.69) is 20.4 Å². The van der Waals surface area contributed by atoms with E-state index in [1.807, 2.05) is 45.0 Å². The largest absolute Gasteiger partial charge is 0.497 e. The molecule has 0 aliphatic heterocycles. The first-order chi connectivity index (χ1) is 12.9. The van der Waals surface area contributed by atoms with Crippen LogP contribution in [0, 0.1) is 17.2 Å². The Bertz CT molecular complexity index is 961. The highest BCUT2D eigenvalue weighted by Crippen LogP contribution is 2.33. The van der Waals surface area contributed by atoms with Gasteiger partial charge in [0.15, 0.2) is 0 Å². The SMILES string of the molecule is CCn1c(/C(C)=C/C(C)C(C)=NC(=O)OC)c(C#N)c2ccc(OC)cc21. The molecule has 1 heterocycles. The van der Waals surface area contributed by atoms with Gasteiger partial charge in [-0.1, -0.05) is 13.0 Å². The van der Waals surface area contributed by atoms with E-state index in [1.54, 1.807) is 14.0 Å². The summed E-state index contributed by atoms with van der Waals surface area (Å²) in [4.78, 5) is 15.3. The van der Waals surface area contributed by atoms with E-state index in [9.17, 15) is 10.1 Å². The van der Waals surface area contributed by atoms with E-state index in [1.165, 1.54) is 7.11 Å². The number of rotatable bonds is 5. The van der Waals surface area contributed by atoms with Gasteiger partial charge in [-0.2, -0.15) is 10.3 Å². The van der Waals surface area contributed by atoms with Crippen LogP contribution in [0.5, 0.6) is 5.75 Å². The average molecular weight is 367 g/mol. The monoisotopic (exact) mass is 367 g/mol. The molecule has 0 spiro atoms. The Morgan fingerprint density at radius 1 is 1.37 bits per heavy atom. The molecule has 0 fully saturated rings.